The van der Waals surface area contributed by atoms with Crippen LogP contribution >= 0.6 is 0 Å². The molecule has 19 heavy (non-hydrogen) atoms. The van der Waals surface area contributed by atoms with Crippen LogP contribution in [0.25, 0.3) is 0 Å². The van der Waals surface area contributed by atoms with E-state index < -0.39 is 6.10 Å². The molecule has 98 valence electrons. The molecule has 1 aliphatic rings. The zero-order valence-corrected chi connectivity index (χ0v) is 10.9. The van der Waals surface area contributed by atoms with Crippen LogP contribution in [0.1, 0.15) is 35.6 Å². The highest BCUT2D eigenvalue weighted by Crippen LogP contribution is 2.32. The number of aliphatic hydroxyl groups excluding tert-OH is 1. The Morgan fingerprint density at radius 3 is 2.74 bits per heavy atom. The molecule has 2 nitrogen and oxygen atoms in total. The summed E-state index contributed by atoms with van der Waals surface area (Å²) in [6.07, 6.45) is 2.18. The first kappa shape index (κ1) is 12.2. The molecule has 1 atom stereocenters. The number of ether oxygens (including phenoxy) is 1. The Balaban J connectivity index is 1.88. The molecule has 1 heterocycles. The summed E-state index contributed by atoms with van der Waals surface area (Å²) in [4.78, 5) is 0. The zero-order valence-electron chi connectivity index (χ0n) is 10.9. The van der Waals surface area contributed by atoms with Crippen molar-refractivity contribution in [3.63, 3.8) is 0 Å². The molecule has 0 radical (unpaired) electrons. The Morgan fingerprint density at radius 1 is 1.05 bits per heavy atom. The van der Waals surface area contributed by atoms with Crippen molar-refractivity contribution in [2.75, 3.05) is 6.61 Å². The zero-order chi connectivity index (χ0) is 13.1. The van der Waals surface area contributed by atoms with Crippen molar-refractivity contribution >= 4 is 0 Å². The quantitative estimate of drug-likeness (QED) is 0.889. The van der Waals surface area contributed by atoms with Gasteiger partial charge in [0, 0.05) is 5.56 Å². The summed E-state index contributed by atoms with van der Waals surface area (Å²) < 4.78 is 5.66. The van der Waals surface area contributed by atoms with E-state index in [4.69, 9.17) is 4.74 Å². The largest absolute Gasteiger partial charge is 0.493 e. The van der Waals surface area contributed by atoms with E-state index in [1.807, 2.05) is 12.1 Å². The van der Waals surface area contributed by atoms with Crippen LogP contribution < -0.4 is 4.74 Å². The lowest BCUT2D eigenvalue weighted by molar-refractivity contribution is 0.167. The topological polar surface area (TPSA) is 29.5 Å². The standard InChI is InChI=1S/C17H18O2/c18-16-7-4-10-19-17-9-8-14(12-15(16)17)11-13-5-2-1-3-6-13/h1-3,5-6,8-9,12,16,18H,4,7,10-11H2. The van der Waals surface area contributed by atoms with Gasteiger partial charge in [-0.1, -0.05) is 36.4 Å². The number of hydrogen-bond acceptors (Lipinski definition) is 2. The van der Waals surface area contributed by atoms with Gasteiger partial charge in [-0.25, -0.2) is 0 Å². The number of aliphatic hydroxyl groups is 1. The monoisotopic (exact) mass is 254 g/mol. The van der Waals surface area contributed by atoms with Crippen molar-refractivity contribution < 1.29 is 9.84 Å². The van der Waals surface area contributed by atoms with Crippen molar-refractivity contribution in [3.05, 3.63) is 65.2 Å². The second kappa shape index (κ2) is 5.45. The third-order valence-corrected chi connectivity index (χ3v) is 3.56. The average molecular weight is 254 g/mol. The van der Waals surface area contributed by atoms with Gasteiger partial charge in [0.2, 0.25) is 0 Å². The van der Waals surface area contributed by atoms with E-state index in [0.29, 0.717) is 6.61 Å². The predicted molar refractivity (Wildman–Crippen MR) is 75.4 cm³/mol. The number of hydrogen-bond donors (Lipinski definition) is 1. The van der Waals surface area contributed by atoms with Gasteiger partial charge in [0.25, 0.3) is 0 Å². The molecule has 0 aliphatic carbocycles. The first-order valence-electron chi connectivity index (χ1n) is 6.80. The van der Waals surface area contributed by atoms with E-state index in [2.05, 4.69) is 36.4 Å². The maximum atomic E-state index is 10.2. The lowest BCUT2D eigenvalue weighted by Gasteiger charge is -2.13. The van der Waals surface area contributed by atoms with Gasteiger partial charge in [0.15, 0.2) is 0 Å². The number of benzene rings is 2. The van der Waals surface area contributed by atoms with E-state index in [1.165, 1.54) is 11.1 Å². The minimum Gasteiger partial charge on any atom is -0.493 e. The van der Waals surface area contributed by atoms with Gasteiger partial charge in [0.1, 0.15) is 5.75 Å². The van der Waals surface area contributed by atoms with Gasteiger partial charge < -0.3 is 9.84 Å². The van der Waals surface area contributed by atoms with Crippen molar-refractivity contribution in [1.29, 1.82) is 0 Å². The fourth-order valence-electron chi connectivity index (χ4n) is 2.55. The highest BCUT2D eigenvalue weighted by atomic mass is 16.5. The fraction of sp³-hybridized carbons (Fsp3) is 0.294. The van der Waals surface area contributed by atoms with Gasteiger partial charge in [-0.15, -0.1) is 0 Å². The number of rotatable bonds is 2. The maximum absolute atomic E-state index is 10.2. The highest BCUT2D eigenvalue weighted by molar-refractivity contribution is 5.41. The predicted octanol–water partition coefficient (Wildman–Crippen LogP) is 3.48. The molecular weight excluding hydrogens is 236 g/mol. The third-order valence-electron chi connectivity index (χ3n) is 3.56. The molecule has 0 bridgehead atoms. The smallest absolute Gasteiger partial charge is 0.125 e. The second-order valence-corrected chi connectivity index (χ2v) is 5.04. The molecule has 1 unspecified atom stereocenters. The molecule has 0 amide bonds. The molecule has 1 N–H and O–H groups in total. The first-order valence-corrected chi connectivity index (χ1v) is 6.80. The van der Waals surface area contributed by atoms with Crippen LogP contribution in [0.4, 0.5) is 0 Å². The molecule has 0 fully saturated rings. The van der Waals surface area contributed by atoms with Crippen LogP contribution in [-0.4, -0.2) is 11.7 Å². The Bertz CT molecular complexity index is 548. The minimum atomic E-state index is -0.395. The second-order valence-electron chi connectivity index (χ2n) is 5.04. The summed E-state index contributed by atoms with van der Waals surface area (Å²) >= 11 is 0. The fourth-order valence-corrected chi connectivity index (χ4v) is 2.55. The van der Waals surface area contributed by atoms with Gasteiger partial charge in [-0.05, 0) is 42.5 Å². The van der Waals surface area contributed by atoms with Crippen molar-refractivity contribution in [2.45, 2.75) is 25.4 Å². The van der Waals surface area contributed by atoms with Gasteiger partial charge >= 0.3 is 0 Å². The molecule has 2 heteroatoms. The lowest BCUT2D eigenvalue weighted by atomic mass is 9.98. The van der Waals surface area contributed by atoms with E-state index in [1.54, 1.807) is 0 Å². The Hall–Kier alpha value is -1.80. The van der Waals surface area contributed by atoms with Crippen LogP contribution in [0.15, 0.2) is 48.5 Å². The Labute approximate surface area is 113 Å². The van der Waals surface area contributed by atoms with Crippen molar-refractivity contribution in [1.82, 2.24) is 0 Å². The van der Waals surface area contributed by atoms with Crippen LogP contribution in [0.5, 0.6) is 5.75 Å². The molecule has 2 aromatic carbocycles. The summed E-state index contributed by atoms with van der Waals surface area (Å²) in [5.41, 5.74) is 3.44. The van der Waals surface area contributed by atoms with Gasteiger partial charge in [0.05, 0.1) is 12.7 Å². The number of fused-ring (bicyclic) bond motifs is 1. The molecule has 2 aromatic rings. The average Bonchev–Trinajstić information content (AvgIpc) is 2.62. The summed E-state index contributed by atoms with van der Waals surface area (Å²) in [5.74, 6) is 0.835. The molecule has 3 rings (SSSR count). The van der Waals surface area contributed by atoms with Crippen molar-refractivity contribution in [2.24, 2.45) is 0 Å². The van der Waals surface area contributed by atoms with Gasteiger partial charge in [-0.3, -0.25) is 0 Å². The molecule has 0 saturated heterocycles. The molecular formula is C17H18O2. The Kier molecular flexibility index (Phi) is 3.51. The first-order chi connectivity index (χ1) is 9.33. The van der Waals surface area contributed by atoms with E-state index >= 15 is 0 Å². The summed E-state index contributed by atoms with van der Waals surface area (Å²) in [6, 6.07) is 16.5. The summed E-state index contributed by atoms with van der Waals surface area (Å²) in [7, 11) is 0. The van der Waals surface area contributed by atoms with Crippen LogP contribution in [-0.2, 0) is 6.42 Å². The normalized spacial score (nSPS) is 18.3. The molecule has 0 spiro atoms. The highest BCUT2D eigenvalue weighted by Gasteiger charge is 2.17. The lowest BCUT2D eigenvalue weighted by Crippen LogP contribution is -1.98. The van der Waals surface area contributed by atoms with Gasteiger partial charge in [-0.2, -0.15) is 0 Å². The van der Waals surface area contributed by atoms with E-state index in [0.717, 1.165) is 30.6 Å². The molecule has 0 aromatic heterocycles. The van der Waals surface area contributed by atoms with E-state index in [9.17, 15) is 5.11 Å². The van der Waals surface area contributed by atoms with Crippen molar-refractivity contribution in [3.8, 4) is 5.75 Å². The summed E-state index contributed by atoms with van der Waals surface area (Å²) in [5, 5.41) is 10.2. The summed E-state index contributed by atoms with van der Waals surface area (Å²) in [6.45, 7) is 0.697. The molecule has 0 saturated carbocycles. The van der Waals surface area contributed by atoms with Crippen LogP contribution in [0.3, 0.4) is 0 Å². The van der Waals surface area contributed by atoms with E-state index in [-0.39, 0.29) is 0 Å². The SMILES string of the molecule is OC1CCCOc2ccc(Cc3ccccc3)cc21. The third kappa shape index (κ3) is 2.79. The van der Waals surface area contributed by atoms with Crippen LogP contribution in [0, 0.1) is 0 Å². The molecule has 1 aliphatic heterocycles. The van der Waals surface area contributed by atoms with Crippen LogP contribution in [0.2, 0.25) is 0 Å². The Morgan fingerprint density at radius 2 is 1.89 bits per heavy atom. The minimum absolute atomic E-state index is 0.395. The maximum Gasteiger partial charge on any atom is 0.125 e.